The van der Waals surface area contributed by atoms with E-state index in [0.717, 1.165) is 12.6 Å². The van der Waals surface area contributed by atoms with E-state index in [1.165, 1.54) is 58.0 Å². The maximum atomic E-state index is 6.01. The topological polar surface area (TPSA) is 29.3 Å². The van der Waals surface area contributed by atoms with Crippen LogP contribution in [-0.2, 0) is 0 Å². The second-order valence-corrected chi connectivity index (χ2v) is 5.59. The monoisotopic (exact) mass is 210 g/mol. The van der Waals surface area contributed by atoms with E-state index < -0.39 is 0 Å². The predicted molar refractivity (Wildman–Crippen MR) is 64.8 cm³/mol. The Kier molecular flexibility index (Phi) is 3.68. The van der Waals surface area contributed by atoms with Crippen LogP contribution in [0.15, 0.2) is 0 Å². The summed E-state index contributed by atoms with van der Waals surface area (Å²) in [5, 5.41) is 0. The molecule has 2 N–H and O–H groups in total. The average Bonchev–Trinajstić information content (AvgIpc) is 2.88. The summed E-state index contributed by atoms with van der Waals surface area (Å²) in [5.41, 5.74) is 6.49. The summed E-state index contributed by atoms with van der Waals surface area (Å²) in [4.78, 5) is 2.72. The zero-order chi connectivity index (χ0) is 10.7. The molecule has 2 nitrogen and oxygen atoms in total. The van der Waals surface area contributed by atoms with Gasteiger partial charge in [0.05, 0.1) is 0 Å². The van der Waals surface area contributed by atoms with Crippen molar-refractivity contribution in [2.75, 3.05) is 19.6 Å². The van der Waals surface area contributed by atoms with Crippen molar-refractivity contribution >= 4 is 0 Å². The zero-order valence-electron chi connectivity index (χ0n) is 10.2. The molecule has 0 radical (unpaired) electrons. The Hall–Kier alpha value is -0.0800. The van der Waals surface area contributed by atoms with Crippen LogP contribution in [0.25, 0.3) is 0 Å². The van der Waals surface area contributed by atoms with Gasteiger partial charge in [0.2, 0.25) is 0 Å². The molecule has 0 amide bonds. The first-order valence-corrected chi connectivity index (χ1v) is 6.74. The molecule has 15 heavy (non-hydrogen) atoms. The molecule has 0 aromatic carbocycles. The Labute approximate surface area is 94.2 Å². The molecule has 1 heterocycles. The summed E-state index contributed by atoms with van der Waals surface area (Å²) in [6.07, 6.45) is 9.69. The van der Waals surface area contributed by atoms with Gasteiger partial charge in [0.1, 0.15) is 0 Å². The Bertz CT molecular complexity index is 197. The summed E-state index contributed by atoms with van der Waals surface area (Å²) >= 11 is 0. The lowest BCUT2D eigenvalue weighted by Gasteiger charge is -2.35. The van der Waals surface area contributed by atoms with Crippen LogP contribution in [0, 0.1) is 5.41 Å². The standard InChI is InChI=1S/C13H26N2/c1-2-12-6-5-9-15(12)11-13(10-14)7-3-4-8-13/h12H,2-11,14H2,1H3. The van der Waals surface area contributed by atoms with Crippen LogP contribution in [0.1, 0.15) is 51.9 Å². The molecule has 2 fully saturated rings. The molecule has 0 bridgehead atoms. The molecular weight excluding hydrogens is 184 g/mol. The Morgan fingerprint density at radius 1 is 1.27 bits per heavy atom. The fraction of sp³-hybridized carbons (Fsp3) is 1.00. The number of hydrogen-bond donors (Lipinski definition) is 1. The van der Waals surface area contributed by atoms with Gasteiger partial charge in [-0.1, -0.05) is 19.8 Å². The molecule has 1 saturated carbocycles. The van der Waals surface area contributed by atoms with Crippen LogP contribution in [0.3, 0.4) is 0 Å². The summed E-state index contributed by atoms with van der Waals surface area (Å²) in [6.45, 7) is 5.83. The quantitative estimate of drug-likeness (QED) is 0.772. The molecule has 1 atom stereocenters. The maximum absolute atomic E-state index is 6.01. The normalized spacial score (nSPS) is 31.2. The number of hydrogen-bond acceptors (Lipinski definition) is 2. The molecule has 0 spiro atoms. The number of likely N-dealkylation sites (tertiary alicyclic amines) is 1. The van der Waals surface area contributed by atoms with Crippen LogP contribution < -0.4 is 5.73 Å². The minimum Gasteiger partial charge on any atom is -0.330 e. The molecular formula is C13H26N2. The molecule has 1 unspecified atom stereocenters. The van der Waals surface area contributed by atoms with Gasteiger partial charge in [0.15, 0.2) is 0 Å². The van der Waals surface area contributed by atoms with E-state index in [0.29, 0.717) is 5.41 Å². The molecule has 2 rings (SSSR count). The Morgan fingerprint density at radius 3 is 2.60 bits per heavy atom. The van der Waals surface area contributed by atoms with Crippen LogP contribution in [-0.4, -0.2) is 30.6 Å². The van der Waals surface area contributed by atoms with Crippen molar-refractivity contribution in [1.82, 2.24) is 4.90 Å². The first-order chi connectivity index (χ1) is 7.29. The van der Waals surface area contributed by atoms with E-state index in [1.54, 1.807) is 0 Å². The SMILES string of the molecule is CCC1CCCN1CC1(CN)CCCC1. The first kappa shape index (κ1) is 11.4. The van der Waals surface area contributed by atoms with Crippen molar-refractivity contribution < 1.29 is 0 Å². The number of rotatable bonds is 4. The fourth-order valence-corrected chi connectivity index (χ4v) is 3.55. The smallest absolute Gasteiger partial charge is 0.00933 e. The molecule has 0 aromatic heterocycles. The van der Waals surface area contributed by atoms with Crippen molar-refractivity contribution in [3.63, 3.8) is 0 Å². The highest BCUT2D eigenvalue weighted by Crippen LogP contribution is 2.39. The van der Waals surface area contributed by atoms with E-state index in [1.807, 2.05) is 0 Å². The lowest BCUT2D eigenvalue weighted by atomic mass is 9.85. The van der Waals surface area contributed by atoms with Crippen molar-refractivity contribution in [2.45, 2.75) is 57.9 Å². The summed E-state index contributed by atoms with van der Waals surface area (Å²) in [5.74, 6) is 0. The van der Waals surface area contributed by atoms with Crippen molar-refractivity contribution in [3.8, 4) is 0 Å². The van der Waals surface area contributed by atoms with Gasteiger partial charge in [-0.15, -0.1) is 0 Å². The third kappa shape index (κ3) is 2.36. The minimum absolute atomic E-state index is 0.484. The van der Waals surface area contributed by atoms with Crippen molar-refractivity contribution in [3.05, 3.63) is 0 Å². The first-order valence-electron chi connectivity index (χ1n) is 6.74. The van der Waals surface area contributed by atoms with Gasteiger partial charge in [-0.25, -0.2) is 0 Å². The van der Waals surface area contributed by atoms with Crippen LogP contribution in [0.2, 0.25) is 0 Å². The third-order valence-electron chi connectivity index (χ3n) is 4.61. The molecule has 2 heteroatoms. The molecule has 1 aliphatic carbocycles. The van der Waals surface area contributed by atoms with Gasteiger partial charge in [-0.2, -0.15) is 0 Å². The summed E-state index contributed by atoms with van der Waals surface area (Å²) < 4.78 is 0. The van der Waals surface area contributed by atoms with E-state index in [4.69, 9.17) is 5.73 Å². The largest absolute Gasteiger partial charge is 0.330 e. The van der Waals surface area contributed by atoms with E-state index in [2.05, 4.69) is 11.8 Å². The van der Waals surface area contributed by atoms with Crippen LogP contribution in [0.4, 0.5) is 0 Å². The second-order valence-electron chi connectivity index (χ2n) is 5.59. The highest BCUT2D eigenvalue weighted by atomic mass is 15.2. The van der Waals surface area contributed by atoms with Gasteiger partial charge in [-0.05, 0) is 50.6 Å². The average molecular weight is 210 g/mol. The highest BCUT2D eigenvalue weighted by Gasteiger charge is 2.36. The van der Waals surface area contributed by atoms with Crippen LogP contribution >= 0.6 is 0 Å². The molecule has 88 valence electrons. The van der Waals surface area contributed by atoms with E-state index >= 15 is 0 Å². The Balaban J connectivity index is 1.94. The van der Waals surface area contributed by atoms with E-state index in [9.17, 15) is 0 Å². The maximum Gasteiger partial charge on any atom is 0.00933 e. The minimum atomic E-state index is 0.484. The predicted octanol–water partition coefficient (Wildman–Crippen LogP) is 2.38. The highest BCUT2D eigenvalue weighted by molar-refractivity contribution is 4.91. The molecule has 1 aliphatic heterocycles. The van der Waals surface area contributed by atoms with Gasteiger partial charge >= 0.3 is 0 Å². The summed E-state index contributed by atoms with van der Waals surface area (Å²) in [7, 11) is 0. The van der Waals surface area contributed by atoms with Gasteiger partial charge < -0.3 is 5.73 Å². The van der Waals surface area contributed by atoms with Crippen LogP contribution in [0.5, 0.6) is 0 Å². The van der Waals surface area contributed by atoms with Gasteiger partial charge in [0.25, 0.3) is 0 Å². The molecule has 1 saturated heterocycles. The lowest BCUT2D eigenvalue weighted by molar-refractivity contribution is 0.144. The molecule has 2 aliphatic rings. The lowest BCUT2D eigenvalue weighted by Crippen LogP contribution is -2.42. The number of nitrogens with zero attached hydrogens (tertiary/aromatic N) is 1. The summed E-state index contributed by atoms with van der Waals surface area (Å²) in [6, 6.07) is 0.856. The Morgan fingerprint density at radius 2 is 2.00 bits per heavy atom. The zero-order valence-corrected chi connectivity index (χ0v) is 10.2. The third-order valence-corrected chi connectivity index (χ3v) is 4.61. The second kappa shape index (κ2) is 4.84. The van der Waals surface area contributed by atoms with Crippen molar-refractivity contribution in [1.29, 1.82) is 0 Å². The molecule has 0 aromatic rings. The number of nitrogens with two attached hydrogens (primary N) is 1. The fourth-order valence-electron chi connectivity index (χ4n) is 3.55. The van der Waals surface area contributed by atoms with Crippen molar-refractivity contribution in [2.24, 2.45) is 11.1 Å². The van der Waals surface area contributed by atoms with Gasteiger partial charge in [-0.3, -0.25) is 4.90 Å². The van der Waals surface area contributed by atoms with Gasteiger partial charge in [0, 0.05) is 12.6 Å². The van der Waals surface area contributed by atoms with E-state index in [-0.39, 0.29) is 0 Å².